The average Bonchev–Trinajstić information content (AvgIpc) is 2.91. The van der Waals surface area contributed by atoms with Gasteiger partial charge in [-0.3, -0.25) is 9.89 Å². The van der Waals surface area contributed by atoms with Crippen LogP contribution in [0.3, 0.4) is 0 Å². The van der Waals surface area contributed by atoms with Crippen molar-refractivity contribution in [3.05, 3.63) is 47.8 Å². The molecule has 0 bridgehead atoms. The molecule has 0 aliphatic rings. The molecule has 2 aromatic rings. The van der Waals surface area contributed by atoms with Gasteiger partial charge in [0.25, 0.3) is 5.91 Å². The Morgan fingerprint density at radius 2 is 2.06 bits per heavy atom. The minimum Gasteiger partial charge on any atom is -0.311 e. The number of aromatic nitrogens is 2. The maximum atomic E-state index is 12.0. The van der Waals surface area contributed by atoms with Crippen LogP contribution in [0.2, 0.25) is 0 Å². The summed E-state index contributed by atoms with van der Waals surface area (Å²) in [6.07, 6.45) is 4.12. The second-order valence-electron chi connectivity index (χ2n) is 3.87. The predicted molar refractivity (Wildman–Crippen MR) is 67.1 cm³/mol. The van der Waals surface area contributed by atoms with Crippen LogP contribution in [0.25, 0.3) is 0 Å². The molecule has 0 aliphatic carbocycles. The van der Waals surface area contributed by atoms with Crippen LogP contribution in [-0.2, 0) is 6.42 Å². The summed E-state index contributed by atoms with van der Waals surface area (Å²) in [6.45, 7) is 2.11. The van der Waals surface area contributed by atoms with E-state index in [-0.39, 0.29) is 5.91 Å². The third kappa shape index (κ3) is 2.36. The molecule has 1 aromatic heterocycles. The first kappa shape index (κ1) is 11.4. The Balaban J connectivity index is 2.19. The van der Waals surface area contributed by atoms with E-state index in [0.717, 1.165) is 12.1 Å². The van der Waals surface area contributed by atoms with Gasteiger partial charge in [-0.2, -0.15) is 5.10 Å². The zero-order valence-corrected chi connectivity index (χ0v) is 9.97. The maximum absolute atomic E-state index is 12.0. The lowest BCUT2D eigenvalue weighted by atomic mass is 10.1. The Hall–Kier alpha value is -2.10. The molecule has 0 saturated heterocycles. The van der Waals surface area contributed by atoms with Gasteiger partial charge in [0.1, 0.15) is 0 Å². The van der Waals surface area contributed by atoms with Gasteiger partial charge in [0.05, 0.1) is 11.8 Å². The number of aromatic amines is 1. The van der Waals surface area contributed by atoms with Crippen molar-refractivity contribution in [1.29, 1.82) is 0 Å². The van der Waals surface area contributed by atoms with Crippen molar-refractivity contribution in [2.24, 2.45) is 0 Å². The molecule has 0 fully saturated rings. The molecule has 4 nitrogen and oxygen atoms in total. The van der Waals surface area contributed by atoms with Crippen molar-refractivity contribution in [3.63, 3.8) is 0 Å². The average molecular weight is 229 g/mol. The van der Waals surface area contributed by atoms with E-state index in [1.54, 1.807) is 18.1 Å². The molecule has 1 N–H and O–H groups in total. The Morgan fingerprint density at radius 1 is 1.35 bits per heavy atom. The molecule has 0 spiro atoms. The van der Waals surface area contributed by atoms with Crippen LogP contribution >= 0.6 is 0 Å². The number of nitrogens with one attached hydrogen (secondary N) is 1. The van der Waals surface area contributed by atoms with Crippen LogP contribution in [0, 0.1) is 0 Å². The van der Waals surface area contributed by atoms with Crippen molar-refractivity contribution in [2.45, 2.75) is 13.3 Å². The van der Waals surface area contributed by atoms with Gasteiger partial charge < -0.3 is 4.90 Å². The van der Waals surface area contributed by atoms with E-state index in [2.05, 4.69) is 17.1 Å². The molecular weight excluding hydrogens is 214 g/mol. The highest BCUT2D eigenvalue weighted by Gasteiger charge is 2.13. The molecule has 2 rings (SSSR count). The number of hydrogen-bond donors (Lipinski definition) is 1. The number of carbonyl (C=O) groups excluding carboxylic acids is 1. The van der Waals surface area contributed by atoms with Gasteiger partial charge >= 0.3 is 0 Å². The molecule has 0 aliphatic heterocycles. The first-order valence-corrected chi connectivity index (χ1v) is 5.58. The molecule has 0 radical (unpaired) electrons. The second kappa shape index (κ2) is 4.82. The van der Waals surface area contributed by atoms with E-state index < -0.39 is 0 Å². The Morgan fingerprint density at radius 3 is 2.59 bits per heavy atom. The van der Waals surface area contributed by atoms with Crippen LogP contribution in [0.4, 0.5) is 5.69 Å². The molecule has 1 amide bonds. The van der Waals surface area contributed by atoms with Gasteiger partial charge in [-0.15, -0.1) is 0 Å². The number of benzene rings is 1. The Labute approximate surface area is 100 Å². The van der Waals surface area contributed by atoms with Gasteiger partial charge in [0.15, 0.2) is 0 Å². The zero-order chi connectivity index (χ0) is 12.3. The Bertz CT molecular complexity index is 488. The van der Waals surface area contributed by atoms with E-state index in [1.807, 2.05) is 24.3 Å². The van der Waals surface area contributed by atoms with Crippen LogP contribution < -0.4 is 4.90 Å². The molecular formula is C13H15N3O. The highest BCUT2D eigenvalue weighted by Crippen LogP contribution is 2.16. The topological polar surface area (TPSA) is 49.0 Å². The normalized spacial score (nSPS) is 10.2. The summed E-state index contributed by atoms with van der Waals surface area (Å²) in [5.41, 5.74) is 2.71. The number of amides is 1. The van der Waals surface area contributed by atoms with Gasteiger partial charge in [-0.1, -0.05) is 19.1 Å². The van der Waals surface area contributed by atoms with Crippen molar-refractivity contribution < 1.29 is 4.79 Å². The van der Waals surface area contributed by atoms with E-state index in [0.29, 0.717) is 5.56 Å². The molecule has 1 aromatic carbocycles. The number of rotatable bonds is 3. The molecule has 0 unspecified atom stereocenters. The molecule has 0 saturated carbocycles. The summed E-state index contributed by atoms with van der Waals surface area (Å²) in [6, 6.07) is 7.98. The molecule has 88 valence electrons. The van der Waals surface area contributed by atoms with Gasteiger partial charge in [-0.25, -0.2) is 0 Å². The van der Waals surface area contributed by atoms with E-state index in [4.69, 9.17) is 0 Å². The number of H-pyrrole nitrogens is 1. The third-order valence-corrected chi connectivity index (χ3v) is 2.78. The van der Waals surface area contributed by atoms with Crippen molar-refractivity contribution in [2.75, 3.05) is 11.9 Å². The van der Waals surface area contributed by atoms with Gasteiger partial charge in [0.2, 0.25) is 0 Å². The smallest absolute Gasteiger partial charge is 0.261 e. The number of hydrogen-bond acceptors (Lipinski definition) is 2. The van der Waals surface area contributed by atoms with E-state index >= 15 is 0 Å². The fraction of sp³-hybridized carbons (Fsp3) is 0.231. The first-order valence-electron chi connectivity index (χ1n) is 5.58. The number of carbonyl (C=O) groups is 1. The lowest BCUT2D eigenvalue weighted by Gasteiger charge is -2.16. The first-order chi connectivity index (χ1) is 8.22. The third-order valence-electron chi connectivity index (χ3n) is 2.78. The van der Waals surface area contributed by atoms with Crippen molar-refractivity contribution >= 4 is 11.6 Å². The second-order valence-corrected chi connectivity index (χ2v) is 3.87. The minimum atomic E-state index is -0.0667. The minimum absolute atomic E-state index is 0.0667. The van der Waals surface area contributed by atoms with Gasteiger partial charge in [0, 0.05) is 18.9 Å². The maximum Gasteiger partial charge on any atom is 0.261 e. The summed E-state index contributed by atoms with van der Waals surface area (Å²) in [4.78, 5) is 13.6. The van der Waals surface area contributed by atoms with Crippen LogP contribution in [0.15, 0.2) is 36.7 Å². The summed E-state index contributed by atoms with van der Waals surface area (Å²) < 4.78 is 0. The fourth-order valence-electron chi connectivity index (χ4n) is 1.63. The SMILES string of the molecule is CCc1ccc(N(C)C(=O)c2cn[nH]c2)cc1. The Kier molecular flexibility index (Phi) is 3.23. The molecule has 17 heavy (non-hydrogen) atoms. The van der Waals surface area contributed by atoms with Crippen LogP contribution in [-0.4, -0.2) is 23.2 Å². The standard InChI is InChI=1S/C13H15N3O/c1-3-10-4-6-12(7-5-10)16(2)13(17)11-8-14-15-9-11/h4-9H,3H2,1-2H3,(H,14,15). The number of aryl methyl sites for hydroxylation is 1. The fourth-order valence-corrected chi connectivity index (χ4v) is 1.63. The number of anilines is 1. The predicted octanol–water partition coefficient (Wildman–Crippen LogP) is 2.25. The monoisotopic (exact) mass is 229 g/mol. The summed E-state index contributed by atoms with van der Waals surface area (Å²) >= 11 is 0. The molecule has 0 atom stereocenters. The summed E-state index contributed by atoms with van der Waals surface area (Å²) in [5.74, 6) is -0.0667. The summed E-state index contributed by atoms with van der Waals surface area (Å²) in [7, 11) is 1.76. The van der Waals surface area contributed by atoms with Crippen LogP contribution in [0.5, 0.6) is 0 Å². The highest BCUT2D eigenvalue weighted by molar-refractivity contribution is 6.05. The van der Waals surface area contributed by atoms with Crippen molar-refractivity contribution in [1.82, 2.24) is 10.2 Å². The summed E-state index contributed by atoms with van der Waals surface area (Å²) in [5, 5.41) is 6.41. The van der Waals surface area contributed by atoms with Crippen LogP contribution in [0.1, 0.15) is 22.8 Å². The van der Waals surface area contributed by atoms with Gasteiger partial charge in [-0.05, 0) is 24.1 Å². The lowest BCUT2D eigenvalue weighted by Crippen LogP contribution is -2.25. The lowest BCUT2D eigenvalue weighted by molar-refractivity contribution is 0.0993. The quantitative estimate of drug-likeness (QED) is 0.877. The molecule has 1 heterocycles. The number of nitrogens with zero attached hydrogens (tertiary/aromatic N) is 2. The largest absolute Gasteiger partial charge is 0.311 e. The zero-order valence-electron chi connectivity index (χ0n) is 9.97. The van der Waals surface area contributed by atoms with E-state index in [1.165, 1.54) is 11.8 Å². The van der Waals surface area contributed by atoms with Crippen molar-refractivity contribution in [3.8, 4) is 0 Å². The highest BCUT2D eigenvalue weighted by atomic mass is 16.2. The molecule has 4 heteroatoms. The van der Waals surface area contributed by atoms with E-state index in [9.17, 15) is 4.79 Å².